The highest BCUT2D eigenvalue weighted by atomic mass is 32.2. The fraction of sp³-hybridized carbons (Fsp3) is 0.667. The van der Waals surface area contributed by atoms with Gasteiger partial charge in [0.25, 0.3) is 0 Å². The van der Waals surface area contributed by atoms with Crippen molar-refractivity contribution in [2.45, 2.75) is 58.9 Å². The molecule has 1 heterocycles. The van der Waals surface area contributed by atoms with E-state index in [4.69, 9.17) is 0 Å². The third-order valence-corrected chi connectivity index (χ3v) is 6.49. The predicted octanol–water partition coefficient (Wildman–Crippen LogP) is 2.84. The maximum absolute atomic E-state index is 12.4. The Labute approximate surface area is 170 Å². The molecular weight excluding hydrogens is 374 g/mol. The van der Waals surface area contributed by atoms with Gasteiger partial charge in [0.1, 0.15) is 6.54 Å². The van der Waals surface area contributed by atoms with Crippen LogP contribution in [0, 0.1) is 13.8 Å². The SMILES string of the molecule is CCC1CCCCN1CCCNC(=O)CN(c1cc(C)cc(C)c1)S(C)(=O)=O. The third kappa shape index (κ3) is 6.78. The molecule has 1 aromatic carbocycles. The molecule has 0 aromatic heterocycles. The lowest BCUT2D eigenvalue weighted by atomic mass is 10.00. The van der Waals surface area contributed by atoms with E-state index < -0.39 is 10.0 Å². The van der Waals surface area contributed by atoms with Gasteiger partial charge in [-0.05, 0) is 69.3 Å². The second kappa shape index (κ2) is 10.3. The van der Waals surface area contributed by atoms with Crippen LogP contribution in [0.4, 0.5) is 5.69 Å². The van der Waals surface area contributed by atoms with Crippen molar-refractivity contribution < 1.29 is 13.2 Å². The number of hydrogen-bond acceptors (Lipinski definition) is 4. The Balaban J connectivity index is 1.88. The Hall–Kier alpha value is -1.60. The first-order chi connectivity index (χ1) is 13.2. The van der Waals surface area contributed by atoms with Crippen LogP contribution in [-0.4, -0.2) is 57.7 Å². The first-order valence-corrected chi connectivity index (χ1v) is 12.1. The minimum atomic E-state index is -3.54. The fourth-order valence-corrected chi connectivity index (χ4v) is 4.85. The second-order valence-corrected chi connectivity index (χ2v) is 9.82. The van der Waals surface area contributed by atoms with Crippen LogP contribution in [0.25, 0.3) is 0 Å². The molecule has 28 heavy (non-hydrogen) atoms. The van der Waals surface area contributed by atoms with Crippen molar-refractivity contribution in [1.29, 1.82) is 0 Å². The van der Waals surface area contributed by atoms with Crippen LogP contribution in [0.5, 0.6) is 0 Å². The number of piperidine rings is 1. The van der Waals surface area contributed by atoms with Gasteiger partial charge in [-0.1, -0.05) is 19.4 Å². The number of sulfonamides is 1. The Kier molecular flexibility index (Phi) is 8.31. The molecule has 1 aromatic rings. The standard InChI is InChI=1S/C21H35N3O3S/c1-5-19-9-6-7-11-23(19)12-8-10-22-21(25)16-24(28(4,26)27)20-14-17(2)13-18(3)15-20/h13-15,19H,5-12,16H2,1-4H3,(H,22,25). The van der Waals surface area contributed by atoms with E-state index in [-0.39, 0.29) is 12.5 Å². The number of benzene rings is 1. The molecule has 1 fully saturated rings. The lowest BCUT2D eigenvalue weighted by Gasteiger charge is -2.35. The summed E-state index contributed by atoms with van der Waals surface area (Å²) in [7, 11) is -3.54. The molecule has 1 aliphatic heterocycles. The first kappa shape index (κ1) is 22.7. The number of likely N-dealkylation sites (tertiary alicyclic amines) is 1. The van der Waals surface area contributed by atoms with Crippen molar-refractivity contribution in [3.05, 3.63) is 29.3 Å². The summed E-state index contributed by atoms with van der Waals surface area (Å²) in [6.07, 6.45) is 7.02. The van der Waals surface area contributed by atoms with Gasteiger partial charge in [0.05, 0.1) is 11.9 Å². The van der Waals surface area contributed by atoms with Gasteiger partial charge in [0, 0.05) is 19.1 Å². The Bertz CT molecular complexity index is 744. The van der Waals surface area contributed by atoms with Crippen molar-refractivity contribution in [3.63, 3.8) is 0 Å². The maximum Gasteiger partial charge on any atom is 0.240 e. The summed E-state index contributed by atoms with van der Waals surface area (Å²) in [5.74, 6) is -0.268. The van der Waals surface area contributed by atoms with Gasteiger partial charge in [0.2, 0.25) is 15.9 Å². The molecule has 1 saturated heterocycles. The molecule has 1 atom stereocenters. The summed E-state index contributed by atoms with van der Waals surface area (Å²) in [5, 5.41) is 2.88. The van der Waals surface area contributed by atoms with E-state index in [1.54, 1.807) is 12.1 Å². The molecule has 0 bridgehead atoms. The summed E-state index contributed by atoms with van der Waals surface area (Å²) in [6.45, 7) is 8.56. The van der Waals surface area contributed by atoms with Crippen molar-refractivity contribution in [1.82, 2.24) is 10.2 Å². The van der Waals surface area contributed by atoms with Crippen molar-refractivity contribution in [3.8, 4) is 0 Å². The van der Waals surface area contributed by atoms with Gasteiger partial charge in [-0.25, -0.2) is 8.42 Å². The molecule has 0 radical (unpaired) electrons. The predicted molar refractivity (Wildman–Crippen MR) is 115 cm³/mol. The van der Waals surface area contributed by atoms with E-state index in [1.807, 2.05) is 19.9 Å². The van der Waals surface area contributed by atoms with Gasteiger partial charge in [-0.3, -0.25) is 9.10 Å². The third-order valence-electron chi connectivity index (χ3n) is 5.35. The smallest absolute Gasteiger partial charge is 0.240 e. The number of amides is 1. The second-order valence-electron chi connectivity index (χ2n) is 7.91. The summed E-state index contributed by atoms with van der Waals surface area (Å²) in [5.41, 5.74) is 2.47. The summed E-state index contributed by atoms with van der Waals surface area (Å²) in [4.78, 5) is 14.9. The Morgan fingerprint density at radius 1 is 1.21 bits per heavy atom. The Morgan fingerprint density at radius 3 is 2.50 bits per heavy atom. The van der Waals surface area contributed by atoms with Crippen molar-refractivity contribution in [2.24, 2.45) is 0 Å². The van der Waals surface area contributed by atoms with E-state index in [0.29, 0.717) is 18.3 Å². The van der Waals surface area contributed by atoms with E-state index >= 15 is 0 Å². The molecule has 1 aliphatic rings. The lowest BCUT2D eigenvalue weighted by Crippen LogP contribution is -2.42. The van der Waals surface area contributed by atoms with E-state index in [0.717, 1.165) is 36.9 Å². The molecule has 0 saturated carbocycles. The normalized spacial score (nSPS) is 18.1. The van der Waals surface area contributed by atoms with Crippen molar-refractivity contribution >= 4 is 21.6 Å². The molecule has 1 N–H and O–H groups in total. The zero-order valence-corrected chi connectivity index (χ0v) is 18.5. The van der Waals surface area contributed by atoms with Crippen LogP contribution >= 0.6 is 0 Å². The highest BCUT2D eigenvalue weighted by molar-refractivity contribution is 7.92. The van der Waals surface area contributed by atoms with E-state index in [2.05, 4.69) is 17.1 Å². The van der Waals surface area contributed by atoms with Gasteiger partial charge in [-0.2, -0.15) is 0 Å². The van der Waals surface area contributed by atoms with E-state index in [9.17, 15) is 13.2 Å². The molecule has 2 rings (SSSR count). The van der Waals surface area contributed by atoms with Crippen LogP contribution in [-0.2, 0) is 14.8 Å². The summed E-state index contributed by atoms with van der Waals surface area (Å²) in [6, 6.07) is 6.23. The topological polar surface area (TPSA) is 69.7 Å². The lowest BCUT2D eigenvalue weighted by molar-refractivity contribution is -0.119. The van der Waals surface area contributed by atoms with E-state index in [1.165, 1.54) is 30.0 Å². The first-order valence-electron chi connectivity index (χ1n) is 10.3. The molecule has 158 valence electrons. The minimum Gasteiger partial charge on any atom is -0.354 e. The highest BCUT2D eigenvalue weighted by Gasteiger charge is 2.22. The molecule has 1 unspecified atom stereocenters. The van der Waals surface area contributed by atoms with Crippen molar-refractivity contribution in [2.75, 3.05) is 36.7 Å². The summed E-state index contributed by atoms with van der Waals surface area (Å²) < 4.78 is 25.7. The zero-order valence-electron chi connectivity index (χ0n) is 17.7. The molecule has 0 spiro atoms. The van der Waals surface area contributed by atoms with Gasteiger partial charge < -0.3 is 10.2 Å². The molecule has 6 nitrogen and oxygen atoms in total. The minimum absolute atomic E-state index is 0.191. The quantitative estimate of drug-likeness (QED) is 0.637. The number of rotatable bonds is 9. The van der Waals surface area contributed by atoms with Crippen LogP contribution in [0.1, 0.15) is 50.2 Å². The van der Waals surface area contributed by atoms with Gasteiger partial charge >= 0.3 is 0 Å². The largest absolute Gasteiger partial charge is 0.354 e. The molecular formula is C21H35N3O3S. The molecule has 7 heteroatoms. The van der Waals surface area contributed by atoms with Crippen LogP contribution in [0.2, 0.25) is 0 Å². The zero-order chi connectivity index (χ0) is 20.7. The van der Waals surface area contributed by atoms with Gasteiger partial charge in [-0.15, -0.1) is 0 Å². The van der Waals surface area contributed by atoms with Gasteiger partial charge in [0.15, 0.2) is 0 Å². The number of nitrogens with one attached hydrogen (secondary N) is 1. The average molecular weight is 410 g/mol. The maximum atomic E-state index is 12.4. The number of aryl methyl sites for hydroxylation is 2. The molecule has 0 aliphatic carbocycles. The Morgan fingerprint density at radius 2 is 1.89 bits per heavy atom. The number of carbonyl (C=O) groups excluding carboxylic acids is 1. The molecule has 1 amide bonds. The number of nitrogens with zero attached hydrogens (tertiary/aromatic N) is 2. The average Bonchev–Trinajstić information content (AvgIpc) is 2.61. The van der Waals surface area contributed by atoms with Crippen LogP contribution in [0.3, 0.4) is 0 Å². The number of anilines is 1. The monoisotopic (exact) mass is 409 g/mol. The summed E-state index contributed by atoms with van der Waals surface area (Å²) >= 11 is 0. The number of hydrogen-bond donors (Lipinski definition) is 1. The fourth-order valence-electron chi connectivity index (χ4n) is 4.01. The highest BCUT2D eigenvalue weighted by Crippen LogP contribution is 2.21. The number of carbonyl (C=O) groups is 1. The van der Waals surface area contributed by atoms with Crippen LogP contribution < -0.4 is 9.62 Å². The van der Waals surface area contributed by atoms with Crippen LogP contribution in [0.15, 0.2) is 18.2 Å².